The number of carboxylic acids is 2. The van der Waals surface area contributed by atoms with Crippen LogP contribution in [-0.2, 0) is 52.8 Å². The lowest BCUT2D eigenvalue weighted by molar-refractivity contribution is -0.142. The van der Waals surface area contributed by atoms with Crippen LogP contribution >= 0.6 is 11.3 Å². The average molecular weight is 766 g/mol. The summed E-state index contributed by atoms with van der Waals surface area (Å²) in [6.07, 6.45) is 0.868. The van der Waals surface area contributed by atoms with Gasteiger partial charge in [0.15, 0.2) is 0 Å². The molecule has 3 heterocycles. The van der Waals surface area contributed by atoms with Crippen molar-refractivity contribution in [1.29, 1.82) is 0 Å². The van der Waals surface area contributed by atoms with Crippen LogP contribution in [0.3, 0.4) is 0 Å². The number of amides is 5. The molecule has 4 aromatic rings. The number of hydrogen-bond acceptors (Lipinski definition) is 8. The normalized spacial score (nSPS) is 20.3. The summed E-state index contributed by atoms with van der Waals surface area (Å²) in [5, 5.41) is 34.0. The summed E-state index contributed by atoms with van der Waals surface area (Å²) < 4.78 is 0. The molecule has 14 nitrogen and oxygen atoms in total. The number of nitrogens with one attached hydrogen (secondary N) is 5. The molecular formula is C40H39N5O9S. The summed E-state index contributed by atoms with van der Waals surface area (Å²) in [6, 6.07) is 20.9. The highest BCUT2D eigenvalue weighted by atomic mass is 32.1. The van der Waals surface area contributed by atoms with Crippen LogP contribution in [0.4, 0.5) is 5.69 Å². The van der Waals surface area contributed by atoms with E-state index in [1.807, 2.05) is 42.5 Å². The van der Waals surface area contributed by atoms with Crippen LogP contribution in [0.15, 0.2) is 109 Å². The summed E-state index contributed by atoms with van der Waals surface area (Å²) in [7, 11) is 0. The van der Waals surface area contributed by atoms with E-state index in [0.29, 0.717) is 22.9 Å². The second-order valence-electron chi connectivity index (χ2n) is 12.8. The summed E-state index contributed by atoms with van der Waals surface area (Å²) in [5.41, 5.74) is 3.34. The zero-order valence-corrected chi connectivity index (χ0v) is 30.2. The monoisotopic (exact) mass is 765 g/mol. The Bertz CT molecular complexity index is 2040. The molecule has 0 fully saturated rings. The van der Waals surface area contributed by atoms with Crippen LogP contribution in [0.25, 0.3) is 11.1 Å². The van der Waals surface area contributed by atoms with E-state index in [9.17, 15) is 43.8 Å². The Morgan fingerprint density at radius 2 is 1.33 bits per heavy atom. The number of carbonyl (C=O) groups is 7. The fourth-order valence-corrected chi connectivity index (χ4v) is 6.54. The van der Waals surface area contributed by atoms with Gasteiger partial charge in [0, 0.05) is 48.7 Å². The minimum Gasteiger partial charge on any atom is -0.480 e. The largest absolute Gasteiger partial charge is 0.480 e. The van der Waals surface area contributed by atoms with Gasteiger partial charge in [0.05, 0.1) is 0 Å². The van der Waals surface area contributed by atoms with Crippen molar-refractivity contribution in [2.24, 2.45) is 0 Å². The molecule has 0 aliphatic carbocycles. The lowest BCUT2D eigenvalue weighted by Crippen LogP contribution is -2.58. The first kappa shape index (κ1) is 39.6. The van der Waals surface area contributed by atoms with E-state index in [1.165, 1.54) is 23.5 Å². The summed E-state index contributed by atoms with van der Waals surface area (Å²) in [5.74, 6) is -6.52. The van der Waals surface area contributed by atoms with Crippen molar-refractivity contribution in [1.82, 2.24) is 21.3 Å². The Labute approximate surface area is 320 Å². The Kier molecular flexibility index (Phi) is 13.6. The van der Waals surface area contributed by atoms with Crippen LogP contribution in [0, 0.1) is 0 Å². The Morgan fingerprint density at radius 1 is 0.673 bits per heavy atom. The topological polar surface area (TPSA) is 220 Å². The lowest BCUT2D eigenvalue weighted by Gasteiger charge is -2.25. The molecule has 1 aromatic heterocycles. The Hall–Kier alpha value is -6.61. The quantitative estimate of drug-likeness (QED) is 0.103. The number of anilines is 1. The fourth-order valence-electron chi connectivity index (χ4n) is 5.79. The van der Waals surface area contributed by atoms with Crippen molar-refractivity contribution in [3.63, 3.8) is 0 Å². The molecule has 284 valence electrons. The summed E-state index contributed by atoms with van der Waals surface area (Å²) >= 11 is 1.36. The zero-order chi connectivity index (χ0) is 39.3. The van der Waals surface area contributed by atoms with Crippen molar-refractivity contribution in [3.05, 3.63) is 125 Å². The maximum atomic E-state index is 14.1. The van der Waals surface area contributed by atoms with Gasteiger partial charge in [0.2, 0.25) is 29.5 Å². The zero-order valence-electron chi connectivity index (χ0n) is 29.4. The Balaban J connectivity index is 1.49. The van der Waals surface area contributed by atoms with Crippen LogP contribution in [-0.4, -0.2) is 75.9 Å². The van der Waals surface area contributed by atoms with E-state index >= 15 is 0 Å². The smallest absolute Gasteiger partial charge is 0.328 e. The van der Waals surface area contributed by atoms with Gasteiger partial charge < -0.3 is 36.8 Å². The molecule has 4 atom stereocenters. The number of carbonyl (C=O) groups excluding carboxylic acids is 5. The third-order valence-corrected chi connectivity index (χ3v) is 9.55. The van der Waals surface area contributed by atoms with Crippen molar-refractivity contribution in [2.75, 3.05) is 5.32 Å². The van der Waals surface area contributed by atoms with Crippen molar-refractivity contribution < 1.29 is 43.8 Å². The molecule has 2 bridgehead atoms. The summed E-state index contributed by atoms with van der Waals surface area (Å²) in [4.78, 5) is 91.9. The predicted molar refractivity (Wildman–Crippen MR) is 204 cm³/mol. The van der Waals surface area contributed by atoms with Crippen molar-refractivity contribution in [3.8, 4) is 11.1 Å². The van der Waals surface area contributed by atoms with Gasteiger partial charge in [0.25, 0.3) is 0 Å². The molecular weight excluding hydrogens is 727 g/mol. The molecule has 0 saturated carbocycles. The van der Waals surface area contributed by atoms with E-state index in [-0.39, 0.29) is 32.1 Å². The van der Waals surface area contributed by atoms with Crippen LogP contribution < -0.4 is 26.6 Å². The van der Waals surface area contributed by atoms with Crippen LogP contribution in [0.1, 0.15) is 28.8 Å². The van der Waals surface area contributed by atoms with E-state index < -0.39 is 65.6 Å². The van der Waals surface area contributed by atoms with Gasteiger partial charge in [-0.3, -0.25) is 24.0 Å². The van der Waals surface area contributed by atoms with Crippen molar-refractivity contribution >= 4 is 58.5 Å². The summed E-state index contributed by atoms with van der Waals surface area (Å²) in [6.45, 7) is 0. The maximum Gasteiger partial charge on any atom is 0.328 e. The molecule has 7 N–H and O–H groups in total. The molecule has 0 spiro atoms. The minimum atomic E-state index is -1.67. The fraction of sp³-hybridized carbons (Fsp3) is 0.225. The van der Waals surface area contributed by atoms with Gasteiger partial charge in [-0.15, -0.1) is 11.3 Å². The first-order valence-corrected chi connectivity index (χ1v) is 18.2. The molecule has 55 heavy (non-hydrogen) atoms. The minimum absolute atomic E-state index is 0.0663. The molecule has 0 saturated heterocycles. The van der Waals surface area contributed by atoms with Gasteiger partial charge in [-0.1, -0.05) is 72.8 Å². The van der Waals surface area contributed by atoms with Crippen LogP contribution in [0.2, 0.25) is 0 Å². The van der Waals surface area contributed by atoms with Gasteiger partial charge in [-0.05, 0) is 51.9 Å². The number of thiophene rings is 1. The standard InChI is InChI=1S/C40H39N5O9S/c46-34-17-18-35(47)42-32(23-29-7-4-20-55-29)39(52)44-31(21-24-8-12-27(13-9-24)26-5-2-1-3-6-26)38(51)43-30(16-19-36(48)49)37(50)45-33(40(53)54)22-25-10-14-28(41-34)15-11-25/h1-16,19-20,30-33H,17-18,21-23H2,(H,41,46)(H,42,47)(H,43,51)(H,44,52)(H,45,50)(H,48,49)(H,53,54). The van der Waals surface area contributed by atoms with Gasteiger partial charge in [0.1, 0.15) is 24.2 Å². The lowest BCUT2D eigenvalue weighted by atomic mass is 9.99. The second-order valence-corrected chi connectivity index (χ2v) is 13.8. The predicted octanol–water partition coefficient (Wildman–Crippen LogP) is 2.84. The highest BCUT2D eigenvalue weighted by Crippen LogP contribution is 2.20. The maximum absolute atomic E-state index is 14.1. The van der Waals surface area contributed by atoms with Crippen molar-refractivity contribution in [2.45, 2.75) is 56.3 Å². The molecule has 15 heteroatoms. The van der Waals surface area contributed by atoms with E-state index in [4.69, 9.17) is 0 Å². The molecule has 0 radical (unpaired) electrons. The number of fused-ring (bicyclic) bond motifs is 18. The molecule has 5 amide bonds. The van der Waals surface area contributed by atoms with Gasteiger partial charge >= 0.3 is 11.9 Å². The molecule has 3 aromatic carbocycles. The molecule has 6 rings (SSSR count). The van der Waals surface area contributed by atoms with Gasteiger partial charge in [-0.2, -0.15) is 0 Å². The average Bonchev–Trinajstić information content (AvgIpc) is 3.69. The third kappa shape index (κ3) is 11.9. The molecule has 4 unspecified atom stereocenters. The SMILES string of the molecule is O=C(O)C=CC1NC(=O)C(Cc2ccc(-c3ccccc3)cc2)NC(=O)C(Cc2cccs2)NC(=O)CCC(=O)Nc2ccc(cc2)CC(C(=O)O)NC1=O. The van der Waals surface area contributed by atoms with Crippen LogP contribution in [0.5, 0.6) is 0 Å². The Morgan fingerprint density at radius 3 is 1.98 bits per heavy atom. The highest BCUT2D eigenvalue weighted by Gasteiger charge is 2.31. The van der Waals surface area contributed by atoms with E-state index in [2.05, 4.69) is 26.6 Å². The number of benzene rings is 3. The first-order chi connectivity index (χ1) is 26.4. The van der Waals surface area contributed by atoms with E-state index in [0.717, 1.165) is 22.1 Å². The number of hydrogen-bond donors (Lipinski definition) is 7. The molecule has 2 aliphatic heterocycles. The number of aliphatic carboxylic acids is 2. The first-order valence-electron chi connectivity index (χ1n) is 17.3. The third-order valence-electron chi connectivity index (χ3n) is 8.65. The molecule has 2 aliphatic rings. The number of carboxylic acid groups (broad SMARTS) is 2. The van der Waals surface area contributed by atoms with E-state index in [1.54, 1.807) is 41.8 Å². The number of rotatable bonds is 8. The highest BCUT2D eigenvalue weighted by molar-refractivity contribution is 7.09. The second kappa shape index (κ2) is 18.9. The van der Waals surface area contributed by atoms with Gasteiger partial charge in [-0.25, -0.2) is 9.59 Å².